The van der Waals surface area contributed by atoms with Crippen molar-refractivity contribution in [2.24, 2.45) is 5.92 Å². The number of Topliss-reactive ketones (excluding diaryl/α,β-unsaturated/α-hetero) is 2. The van der Waals surface area contributed by atoms with Gasteiger partial charge in [-0.15, -0.1) is 11.8 Å². The number of hydrogen-bond donors (Lipinski definition) is 0. The van der Waals surface area contributed by atoms with Crippen molar-refractivity contribution in [2.75, 3.05) is 5.75 Å². The molecule has 0 N–H and O–H groups in total. The number of rotatable bonds is 8. The lowest BCUT2D eigenvalue weighted by molar-refractivity contribution is -0.119. The van der Waals surface area contributed by atoms with Crippen LogP contribution in [0.4, 0.5) is 0 Å². The average Bonchev–Trinajstić information content (AvgIpc) is 3.41. The minimum Gasteiger partial charge on any atom is -0.299 e. The van der Waals surface area contributed by atoms with Crippen LogP contribution in [0.15, 0.2) is 53.4 Å². The van der Waals surface area contributed by atoms with Crippen molar-refractivity contribution in [3.05, 3.63) is 65.2 Å². The summed E-state index contributed by atoms with van der Waals surface area (Å²) in [6.45, 7) is 2.12. The Morgan fingerprint density at radius 1 is 1.08 bits per heavy atom. The van der Waals surface area contributed by atoms with E-state index in [1.54, 1.807) is 11.8 Å². The molecule has 1 aliphatic carbocycles. The van der Waals surface area contributed by atoms with E-state index in [1.165, 1.54) is 10.5 Å². The summed E-state index contributed by atoms with van der Waals surface area (Å²) < 4.78 is 0. The van der Waals surface area contributed by atoms with E-state index in [1.807, 2.05) is 30.3 Å². The third kappa shape index (κ3) is 4.35. The van der Waals surface area contributed by atoms with Crippen molar-refractivity contribution < 1.29 is 9.59 Å². The maximum atomic E-state index is 12.6. The average molecular weight is 338 g/mol. The predicted octanol–water partition coefficient (Wildman–Crippen LogP) is 4.94. The van der Waals surface area contributed by atoms with Gasteiger partial charge in [0.15, 0.2) is 5.78 Å². The number of thioether (sulfide) groups is 1. The summed E-state index contributed by atoms with van der Waals surface area (Å²) in [6, 6.07) is 16.2. The van der Waals surface area contributed by atoms with Crippen molar-refractivity contribution in [3.8, 4) is 0 Å². The fourth-order valence-corrected chi connectivity index (χ4v) is 3.59. The van der Waals surface area contributed by atoms with Crippen LogP contribution in [0.3, 0.4) is 0 Å². The van der Waals surface area contributed by atoms with Crippen LogP contribution in [0.25, 0.3) is 0 Å². The molecule has 1 aliphatic rings. The molecule has 1 fully saturated rings. The van der Waals surface area contributed by atoms with Gasteiger partial charge < -0.3 is 0 Å². The summed E-state index contributed by atoms with van der Waals surface area (Å²) >= 11 is 1.77. The second-order valence-electron chi connectivity index (χ2n) is 6.25. The number of hydrogen-bond acceptors (Lipinski definition) is 3. The molecule has 0 amide bonds. The van der Waals surface area contributed by atoms with Gasteiger partial charge in [-0.1, -0.05) is 37.3 Å². The maximum absolute atomic E-state index is 12.6. The van der Waals surface area contributed by atoms with Crippen molar-refractivity contribution in [1.82, 2.24) is 0 Å². The first-order valence-corrected chi connectivity index (χ1v) is 9.51. The summed E-state index contributed by atoms with van der Waals surface area (Å²) in [5, 5.41) is 0. The minimum absolute atomic E-state index is 0.0362. The highest BCUT2D eigenvalue weighted by atomic mass is 32.2. The molecule has 2 nitrogen and oxygen atoms in total. The molecule has 24 heavy (non-hydrogen) atoms. The monoisotopic (exact) mass is 338 g/mol. The Balaban J connectivity index is 1.85. The molecule has 0 aliphatic heterocycles. The van der Waals surface area contributed by atoms with Crippen molar-refractivity contribution in [2.45, 2.75) is 37.5 Å². The topological polar surface area (TPSA) is 34.1 Å². The largest absolute Gasteiger partial charge is 0.299 e. The molecule has 0 saturated heterocycles. The van der Waals surface area contributed by atoms with Crippen LogP contribution in [0.5, 0.6) is 0 Å². The van der Waals surface area contributed by atoms with E-state index in [0.29, 0.717) is 5.56 Å². The number of carbonyl (C=O) groups excluding carboxylic acids is 2. The van der Waals surface area contributed by atoms with E-state index in [4.69, 9.17) is 0 Å². The molecule has 3 rings (SSSR count). The first-order valence-electron chi connectivity index (χ1n) is 8.53. The fourth-order valence-electron chi connectivity index (χ4n) is 2.86. The summed E-state index contributed by atoms with van der Waals surface area (Å²) in [5.74, 6) is 1.21. The molecule has 0 radical (unpaired) electrons. The maximum Gasteiger partial charge on any atom is 0.170 e. The Hall–Kier alpha value is -1.87. The zero-order valence-corrected chi connectivity index (χ0v) is 14.8. The molecule has 0 unspecified atom stereocenters. The third-order valence-electron chi connectivity index (χ3n) is 4.29. The van der Waals surface area contributed by atoms with Crippen molar-refractivity contribution >= 4 is 23.3 Å². The molecule has 0 aromatic heterocycles. The Bertz CT molecular complexity index is 733. The molecule has 0 atom stereocenters. The second kappa shape index (κ2) is 7.80. The minimum atomic E-state index is -0.0362. The predicted molar refractivity (Wildman–Crippen MR) is 98.8 cm³/mol. The van der Waals surface area contributed by atoms with Gasteiger partial charge in [-0.25, -0.2) is 0 Å². The summed E-state index contributed by atoms with van der Waals surface area (Å²) in [7, 11) is 0. The van der Waals surface area contributed by atoms with Gasteiger partial charge in [0, 0.05) is 16.4 Å². The molecule has 0 spiro atoms. The highest BCUT2D eigenvalue weighted by molar-refractivity contribution is 7.99. The van der Waals surface area contributed by atoms with E-state index in [2.05, 4.69) is 25.1 Å². The molecular weight excluding hydrogens is 316 g/mol. The molecule has 0 heterocycles. The van der Waals surface area contributed by atoms with Crippen LogP contribution in [0, 0.1) is 5.92 Å². The number of ketones is 2. The van der Waals surface area contributed by atoms with Gasteiger partial charge in [-0.2, -0.15) is 0 Å². The summed E-state index contributed by atoms with van der Waals surface area (Å²) in [6.07, 6.45) is 2.68. The Morgan fingerprint density at radius 3 is 2.50 bits per heavy atom. The Labute approximate surface area is 147 Å². The number of carbonyl (C=O) groups is 2. The van der Waals surface area contributed by atoms with Gasteiger partial charge in [0.2, 0.25) is 0 Å². The van der Waals surface area contributed by atoms with E-state index in [-0.39, 0.29) is 23.9 Å². The highest BCUT2D eigenvalue weighted by Gasteiger charge is 2.31. The first-order chi connectivity index (χ1) is 11.7. The van der Waals surface area contributed by atoms with E-state index in [9.17, 15) is 9.59 Å². The molecule has 124 valence electrons. The zero-order valence-electron chi connectivity index (χ0n) is 14.0. The molecular formula is C21H22O2S. The lowest BCUT2D eigenvalue weighted by atomic mass is 9.95. The molecule has 0 bridgehead atoms. The Kier molecular flexibility index (Phi) is 5.52. The van der Waals surface area contributed by atoms with E-state index < -0.39 is 0 Å². The van der Waals surface area contributed by atoms with Crippen LogP contribution in [-0.4, -0.2) is 17.3 Å². The normalized spacial score (nSPS) is 13.7. The van der Waals surface area contributed by atoms with Crippen LogP contribution in [0.2, 0.25) is 0 Å². The smallest absolute Gasteiger partial charge is 0.170 e. The molecule has 2 aromatic carbocycles. The lowest BCUT2D eigenvalue weighted by Crippen LogP contribution is -2.12. The van der Waals surface area contributed by atoms with E-state index in [0.717, 1.165) is 30.6 Å². The van der Waals surface area contributed by atoms with E-state index >= 15 is 0 Å². The first kappa shape index (κ1) is 17.0. The summed E-state index contributed by atoms with van der Waals surface area (Å²) in [5.41, 5.74) is 2.90. The van der Waals surface area contributed by atoms with Crippen LogP contribution >= 0.6 is 11.8 Å². The van der Waals surface area contributed by atoms with Gasteiger partial charge in [0.25, 0.3) is 0 Å². The van der Waals surface area contributed by atoms with Gasteiger partial charge in [-0.05, 0) is 54.3 Å². The number of benzene rings is 2. The van der Waals surface area contributed by atoms with Gasteiger partial charge in [-0.3, -0.25) is 9.59 Å². The summed E-state index contributed by atoms with van der Waals surface area (Å²) in [4.78, 5) is 25.8. The van der Waals surface area contributed by atoms with Crippen LogP contribution < -0.4 is 0 Å². The SMILES string of the molecule is CCSc1ccc(C(=O)CC(=O)C2CC2)c(Cc2ccccc2)c1. The molecule has 3 heteroatoms. The van der Waals surface area contributed by atoms with Crippen molar-refractivity contribution in [3.63, 3.8) is 0 Å². The zero-order chi connectivity index (χ0) is 16.9. The standard InChI is InChI=1S/C21H22O2S/c1-2-24-18-10-11-19(21(23)14-20(22)16-8-9-16)17(13-18)12-15-6-4-3-5-7-15/h3-7,10-11,13,16H,2,8-9,12,14H2,1H3. The van der Waals surface area contributed by atoms with Gasteiger partial charge in [0.05, 0.1) is 6.42 Å². The van der Waals surface area contributed by atoms with Crippen LogP contribution in [-0.2, 0) is 11.2 Å². The highest BCUT2D eigenvalue weighted by Crippen LogP contribution is 2.32. The second-order valence-corrected chi connectivity index (χ2v) is 7.59. The molecule has 2 aromatic rings. The third-order valence-corrected chi connectivity index (χ3v) is 5.17. The quantitative estimate of drug-likeness (QED) is 0.388. The van der Waals surface area contributed by atoms with Crippen LogP contribution in [0.1, 0.15) is 47.7 Å². The van der Waals surface area contributed by atoms with Crippen molar-refractivity contribution in [1.29, 1.82) is 0 Å². The van der Waals surface area contributed by atoms with Gasteiger partial charge in [0.1, 0.15) is 5.78 Å². The fraction of sp³-hybridized carbons (Fsp3) is 0.333. The Morgan fingerprint density at radius 2 is 1.83 bits per heavy atom. The lowest BCUT2D eigenvalue weighted by Gasteiger charge is -2.11. The van der Waals surface area contributed by atoms with Gasteiger partial charge >= 0.3 is 0 Å². The molecule has 1 saturated carbocycles.